The number of piperidine rings is 1. The molecule has 1 aromatic carbocycles. The van der Waals surface area contributed by atoms with Gasteiger partial charge in [0.2, 0.25) is 5.91 Å². The topological polar surface area (TPSA) is 84.2 Å². The van der Waals surface area contributed by atoms with Crippen LogP contribution < -0.4 is 0 Å². The normalized spacial score (nSPS) is 15.1. The Morgan fingerprint density at radius 1 is 1.28 bits per heavy atom. The van der Waals surface area contributed by atoms with Crippen LogP contribution >= 0.6 is 22.9 Å². The van der Waals surface area contributed by atoms with Gasteiger partial charge in [-0.1, -0.05) is 16.8 Å². The Kier molecular flexibility index (Phi) is 5.51. The Labute approximate surface area is 177 Å². The van der Waals surface area contributed by atoms with Crippen LogP contribution in [-0.2, 0) is 11.3 Å². The number of hydrogen-bond acceptors (Lipinski definition) is 6. The standard InChI is InChI=1S/C19H21ClN6O2S/c1-24(2)17(27)11-26-10-15(22-23-26)19(28)25-7-5-12(6-8-25)18-21-14-9-13(20)3-4-16(14)29-18/h3-4,9-10,12H,5-8,11H2,1-2H3. The first-order valence-electron chi connectivity index (χ1n) is 9.36. The molecule has 152 valence electrons. The molecule has 2 amide bonds. The van der Waals surface area contributed by atoms with Crippen LogP contribution in [0.1, 0.15) is 34.3 Å². The lowest BCUT2D eigenvalue weighted by atomic mass is 9.97. The first kappa shape index (κ1) is 19.8. The van der Waals surface area contributed by atoms with Gasteiger partial charge in [0.05, 0.1) is 21.4 Å². The van der Waals surface area contributed by atoms with Crippen molar-refractivity contribution in [3.63, 3.8) is 0 Å². The second-order valence-corrected chi connectivity index (χ2v) is 8.82. The lowest BCUT2D eigenvalue weighted by Crippen LogP contribution is -2.38. The van der Waals surface area contributed by atoms with Crippen molar-refractivity contribution < 1.29 is 9.59 Å². The highest BCUT2D eigenvalue weighted by atomic mass is 35.5. The van der Waals surface area contributed by atoms with E-state index in [9.17, 15) is 9.59 Å². The number of amides is 2. The van der Waals surface area contributed by atoms with Gasteiger partial charge in [-0.25, -0.2) is 9.67 Å². The lowest BCUT2D eigenvalue weighted by Gasteiger charge is -2.30. The SMILES string of the molecule is CN(C)C(=O)Cn1cc(C(=O)N2CCC(c3nc4cc(Cl)ccc4s3)CC2)nn1. The van der Waals surface area contributed by atoms with E-state index in [1.54, 1.807) is 30.3 Å². The summed E-state index contributed by atoms with van der Waals surface area (Å²) in [7, 11) is 3.35. The van der Waals surface area contributed by atoms with E-state index >= 15 is 0 Å². The summed E-state index contributed by atoms with van der Waals surface area (Å²) in [5, 5.41) is 9.64. The first-order chi connectivity index (χ1) is 13.9. The number of halogens is 1. The molecular formula is C19H21ClN6O2S. The molecule has 0 atom stereocenters. The fourth-order valence-corrected chi connectivity index (χ4v) is 4.62. The maximum absolute atomic E-state index is 12.7. The predicted molar refractivity (Wildman–Crippen MR) is 111 cm³/mol. The van der Waals surface area contributed by atoms with Gasteiger partial charge in [0.15, 0.2) is 5.69 Å². The van der Waals surface area contributed by atoms with E-state index in [0.29, 0.717) is 24.0 Å². The first-order valence-corrected chi connectivity index (χ1v) is 10.6. The summed E-state index contributed by atoms with van der Waals surface area (Å²) < 4.78 is 2.53. The molecular weight excluding hydrogens is 412 g/mol. The molecule has 0 bridgehead atoms. The number of carbonyl (C=O) groups is 2. The Hall–Kier alpha value is -2.52. The molecule has 0 unspecified atom stereocenters. The van der Waals surface area contributed by atoms with E-state index in [1.807, 2.05) is 18.2 Å². The maximum Gasteiger partial charge on any atom is 0.276 e. The number of likely N-dealkylation sites (N-methyl/N-ethyl adjacent to an activating group) is 1. The van der Waals surface area contributed by atoms with E-state index in [1.165, 1.54) is 15.8 Å². The zero-order valence-corrected chi connectivity index (χ0v) is 17.8. The molecule has 3 heterocycles. The number of aromatic nitrogens is 4. The quantitative estimate of drug-likeness (QED) is 0.632. The highest BCUT2D eigenvalue weighted by Gasteiger charge is 2.28. The van der Waals surface area contributed by atoms with Crippen molar-refractivity contribution in [2.75, 3.05) is 27.2 Å². The molecule has 8 nitrogen and oxygen atoms in total. The van der Waals surface area contributed by atoms with Crippen molar-refractivity contribution in [1.29, 1.82) is 0 Å². The molecule has 0 aliphatic carbocycles. The lowest BCUT2D eigenvalue weighted by molar-refractivity contribution is -0.129. The van der Waals surface area contributed by atoms with Crippen molar-refractivity contribution in [3.8, 4) is 0 Å². The second kappa shape index (κ2) is 8.08. The number of fused-ring (bicyclic) bond motifs is 1. The van der Waals surface area contributed by atoms with Crippen molar-refractivity contribution in [1.82, 2.24) is 29.8 Å². The molecule has 0 spiro atoms. The third-order valence-electron chi connectivity index (χ3n) is 5.05. The molecule has 0 N–H and O–H groups in total. The molecule has 0 radical (unpaired) electrons. The number of likely N-dealkylation sites (tertiary alicyclic amines) is 1. The number of carbonyl (C=O) groups excluding carboxylic acids is 2. The van der Waals surface area contributed by atoms with Crippen LogP contribution in [0.5, 0.6) is 0 Å². The summed E-state index contributed by atoms with van der Waals surface area (Å²) in [6, 6.07) is 5.77. The minimum atomic E-state index is -0.150. The van der Waals surface area contributed by atoms with Gasteiger partial charge in [-0.2, -0.15) is 0 Å². The summed E-state index contributed by atoms with van der Waals surface area (Å²) in [5.41, 5.74) is 1.20. The Balaban J connectivity index is 1.38. The smallest absolute Gasteiger partial charge is 0.276 e. The van der Waals surface area contributed by atoms with Gasteiger partial charge in [0, 0.05) is 38.1 Å². The van der Waals surface area contributed by atoms with Crippen LogP contribution in [-0.4, -0.2) is 68.8 Å². The summed E-state index contributed by atoms with van der Waals surface area (Å²) in [4.78, 5) is 32.5. The number of benzene rings is 1. The monoisotopic (exact) mass is 432 g/mol. The molecule has 3 aromatic rings. The second-order valence-electron chi connectivity index (χ2n) is 7.32. The van der Waals surface area contributed by atoms with E-state index in [0.717, 1.165) is 28.1 Å². The van der Waals surface area contributed by atoms with Crippen LogP contribution in [0.2, 0.25) is 5.02 Å². The van der Waals surface area contributed by atoms with Gasteiger partial charge in [0.1, 0.15) is 6.54 Å². The Morgan fingerprint density at radius 2 is 2.03 bits per heavy atom. The molecule has 1 saturated heterocycles. The van der Waals surface area contributed by atoms with Gasteiger partial charge in [-0.05, 0) is 31.0 Å². The summed E-state index contributed by atoms with van der Waals surface area (Å²) in [6.45, 7) is 1.35. The fourth-order valence-electron chi connectivity index (χ4n) is 3.34. The van der Waals surface area contributed by atoms with Crippen LogP contribution in [0.4, 0.5) is 0 Å². The predicted octanol–water partition coefficient (Wildman–Crippen LogP) is 2.65. The van der Waals surface area contributed by atoms with Gasteiger partial charge >= 0.3 is 0 Å². The number of rotatable bonds is 4. The van der Waals surface area contributed by atoms with Crippen LogP contribution in [0.15, 0.2) is 24.4 Å². The maximum atomic E-state index is 12.7. The van der Waals surface area contributed by atoms with E-state index in [-0.39, 0.29) is 24.1 Å². The van der Waals surface area contributed by atoms with E-state index in [4.69, 9.17) is 16.6 Å². The zero-order valence-electron chi connectivity index (χ0n) is 16.2. The number of hydrogen-bond donors (Lipinski definition) is 0. The Bertz CT molecular complexity index is 1050. The van der Waals surface area contributed by atoms with Crippen molar-refractivity contribution >= 4 is 45.0 Å². The molecule has 1 aliphatic heterocycles. The zero-order chi connectivity index (χ0) is 20.5. The minimum Gasteiger partial charge on any atom is -0.347 e. The van der Waals surface area contributed by atoms with Gasteiger partial charge in [-0.15, -0.1) is 16.4 Å². The molecule has 1 fully saturated rings. The molecule has 4 rings (SSSR count). The highest BCUT2D eigenvalue weighted by molar-refractivity contribution is 7.18. The van der Waals surface area contributed by atoms with E-state index < -0.39 is 0 Å². The van der Waals surface area contributed by atoms with Crippen molar-refractivity contribution in [2.45, 2.75) is 25.3 Å². The average Bonchev–Trinajstić information content (AvgIpc) is 3.34. The van der Waals surface area contributed by atoms with Crippen LogP contribution in [0.3, 0.4) is 0 Å². The molecule has 2 aromatic heterocycles. The highest BCUT2D eigenvalue weighted by Crippen LogP contribution is 2.34. The average molecular weight is 433 g/mol. The number of thiazole rings is 1. The molecule has 10 heteroatoms. The molecule has 29 heavy (non-hydrogen) atoms. The van der Waals surface area contributed by atoms with Crippen molar-refractivity contribution in [3.05, 3.63) is 40.1 Å². The summed E-state index contributed by atoms with van der Waals surface area (Å²) in [6.07, 6.45) is 3.24. The number of nitrogens with zero attached hydrogens (tertiary/aromatic N) is 6. The molecule has 0 saturated carbocycles. The summed E-state index contributed by atoms with van der Waals surface area (Å²) in [5.74, 6) is 0.0820. The fraction of sp³-hybridized carbons (Fsp3) is 0.421. The summed E-state index contributed by atoms with van der Waals surface area (Å²) >= 11 is 7.75. The minimum absolute atomic E-state index is 0.0664. The third kappa shape index (κ3) is 4.25. The third-order valence-corrected chi connectivity index (χ3v) is 6.49. The van der Waals surface area contributed by atoms with Crippen LogP contribution in [0.25, 0.3) is 10.2 Å². The van der Waals surface area contributed by atoms with Crippen molar-refractivity contribution in [2.24, 2.45) is 0 Å². The van der Waals surface area contributed by atoms with Gasteiger partial charge in [-0.3, -0.25) is 9.59 Å². The largest absolute Gasteiger partial charge is 0.347 e. The van der Waals surface area contributed by atoms with E-state index in [2.05, 4.69) is 10.3 Å². The van der Waals surface area contributed by atoms with Gasteiger partial charge in [0.25, 0.3) is 5.91 Å². The molecule has 1 aliphatic rings. The van der Waals surface area contributed by atoms with Gasteiger partial charge < -0.3 is 9.80 Å². The Morgan fingerprint density at radius 3 is 2.76 bits per heavy atom. The van der Waals surface area contributed by atoms with Crippen LogP contribution in [0, 0.1) is 0 Å².